The van der Waals surface area contributed by atoms with Crippen LogP contribution in [0.2, 0.25) is 0 Å². The summed E-state index contributed by atoms with van der Waals surface area (Å²) in [7, 11) is 0. The summed E-state index contributed by atoms with van der Waals surface area (Å²) >= 11 is 1.39. The summed E-state index contributed by atoms with van der Waals surface area (Å²) in [5.74, 6) is -0.699. The average Bonchev–Trinajstić information content (AvgIpc) is 3.10. The number of thioether (sulfide) groups is 1. The fourth-order valence-electron chi connectivity index (χ4n) is 3.52. The van der Waals surface area contributed by atoms with E-state index in [2.05, 4.69) is 10.4 Å². The molecule has 6 nitrogen and oxygen atoms in total. The molecule has 0 atom stereocenters. The van der Waals surface area contributed by atoms with Crippen molar-refractivity contribution < 1.29 is 14.3 Å². The van der Waals surface area contributed by atoms with E-state index >= 15 is 0 Å². The van der Waals surface area contributed by atoms with Crippen molar-refractivity contribution in [1.29, 1.82) is 0 Å². The molecule has 168 valence electrons. The maximum absolute atomic E-state index is 12.4. The Morgan fingerprint density at radius 3 is 2.45 bits per heavy atom. The fourth-order valence-corrected chi connectivity index (χ4v) is 4.27. The number of benzene rings is 3. The standard InChI is InChI=1S/C26H25N3O3S/c1-17-8-11-22(12-9-17)29-19(3)26(18(2)28-29)27-24(30)15-32-25(31)16-33-23-13-10-20-6-4-5-7-21(20)14-23/h4-14H,15-16H2,1-3H3,(H,27,30). The predicted molar refractivity (Wildman–Crippen MR) is 132 cm³/mol. The number of hydrogen-bond donors (Lipinski definition) is 1. The highest BCUT2D eigenvalue weighted by Gasteiger charge is 2.16. The Balaban J connectivity index is 1.30. The quantitative estimate of drug-likeness (QED) is 0.303. The van der Waals surface area contributed by atoms with E-state index in [9.17, 15) is 9.59 Å². The second kappa shape index (κ2) is 9.92. The molecule has 0 unspecified atom stereocenters. The Bertz CT molecular complexity index is 1310. The number of amides is 1. The highest BCUT2D eigenvalue weighted by Crippen LogP contribution is 2.24. The zero-order valence-corrected chi connectivity index (χ0v) is 19.6. The summed E-state index contributed by atoms with van der Waals surface area (Å²) in [6.45, 7) is 5.41. The van der Waals surface area contributed by atoms with E-state index < -0.39 is 11.9 Å². The van der Waals surface area contributed by atoms with Crippen LogP contribution in [-0.4, -0.2) is 34.0 Å². The lowest BCUT2D eigenvalue weighted by Crippen LogP contribution is -2.22. The lowest BCUT2D eigenvalue weighted by molar-refractivity contribution is -0.144. The van der Waals surface area contributed by atoms with Crippen molar-refractivity contribution >= 4 is 40.1 Å². The van der Waals surface area contributed by atoms with Crippen molar-refractivity contribution in [3.8, 4) is 5.69 Å². The van der Waals surface area contributed by atoms with Crippen molar-refractivity contribution in [1.82, 2.24) is 9.78 Å². The highest BCUT2D eigenvalue weighted by atomic mass is 32.2. The van der Waals surface area contributed by atoms with E-state index in [1.54, 1.807) is 4.68 Å². The maximum Gasteiger partial charge on any atom is 0.316 e. The van der Waals surface area contributed by atoms with Gasteiger partial charge >= 0.3 is 5.97 Å². The number of rotatable bonds is 7. The molecule has 1 N–H and O–H groups in total. The second-order valence-corrected chi connectivity index (χ2v) is 8.85. The monoisotopic (exact) mass is 459 g/mol. The van der Waals surface area contributed by atoms with E-state index in [0.717, 1.165) is 32.6 Å². The number of carbonyl (C=O) groups excluding carboxylic acids is 2. The Morgan fingerprint density at radius 1 is 0.970 bits per heavy atom. The van der Waals surface area contributed by atoms with Crippen LogP contribution in [0.15, 0.2) is 71.6 Å². The molecule has 0 fully saturated rings. The third-order valence-electron chi connectivity index (χ3n) is 5.28. The van der Waals surface area contributed by atoms with Gasteiger partial charge in [0.15, 0.2) is 6.61 Å². The molecule has 0 spiro atoms. The number of anilines is 1. The molecule has 1 aromatic heterocycles. The summed E-state index contributed by atoms with van der Waals surface area (Å²) in [4.78, 5) is 25.5. The van der Waals surface area contributed by atoms with Crippen LogP contribution >= 0.6 is 11.8 Å². The Hall–Kier alpha value is -3.58. The van der Waals surface area contributed by atoms with Crippen LogP contribution in [0.3, 0.4) is 0 Å². The number of hydrogen-bond acceptors (Lipinski definition) is 5. The van der Waals surface area contributed by atoms with Crippen molar-refractivity contribution in [2.45, 2.75) is 25.7 Å². The van der Waals surface area contributed by atoms with E-state index in [1.807, 2.05) is 87.5 Å². The summed E-state index contributed by atoms with van der Waals surface area (Å²) in [5, 5.41) is 9.62. The number of carbonyl (C=O) groups is 2. The number of aryl methyl sites for hydroxylation is 2. The zero-order chi connectivity index (χ0) is 23.4. The third-order valence-corrected chi connectivity index (χ3v) is 6.24. The first kappa shape index (κ1) is 22.6. The van der Waals surface area contributed by atoms with E-state index in [4.69, 9.17) is 4.74 Å². The van der Waals surface area contributed by atoms with Gasteiger partial charge in [-0.2, -0.15) is 5.10 Å². The number of nitrogens with zero attached hydrogens (tertiary/aromatic N) is 2. The summed E-state index contributed by atoms with van der Waals surface area (Å²) in [6, 6.07) is 22.1. The number of aromatic nitrogens is 2. The van der Waals surface area contributed by atoms with Crippen LogP contribution in [0, 0.1) is 20.8 Å². The normalized spacial score (nSPS) is 10.9. The van der Waals surface area contributed by atoms with E-state index in [0.29, 0.717) is 11.4 Å². The lowest BCUT2D eigenvalue weighted by atomic mass is 10.1. The van der Waals surface area contributed by atoms with Crippen LogP contribution < -0.4 is 5.32 Å². The van der Waals surface area contributed by atoms with Gasteiger partial charge in [0.25, 0.3) is 5.91 Å². The van der Waals surface area contributed by atoms with Gasteiger partial charge in [0.2, 0.25) is 0 Å². The van der Waals surface area contributed by atoms with Crippen LogP contribution in [0.1, 0.15) is 17.0 Å². The van der Waals surface area contributed by atoms with E-state index in [-0.39, 0.29) is 12.4 Å². The molecule has 1 amide bonds. The summed E-state index contributed by atoms with van der Waals surface area (Å²) in [6.07, 6.45) is 0. The largest absolute Gasteiger partial charge is 0.455 e. The molecular weight excluding hydrogens is 434 g/mol. The van der Waals surface area contributed by atoms with Crippen LogP contribution in [-0.2, 0) is 14.3 Å². The molecule has 7 heteroatoms. The highest BCUT2D eigenvalue weighted by molar-refractivity contribution is 8.00. The maximum atomic E-state index is 12.4. The van der Waals surface area contributed by atoms with Crippen molar-refractivity contribution in [3.05, 3.63) is 83.7 Å². The molecule has 0 saturated carbocycles. The Morgan fingerprint density at radius 2 is 1.70 bits per heavy atom. The van der Waals surface area contributed by atoms with Gasteiger partial charge in [0.1, 0.15) is 0 Å². The van der Waals surface area contributed by atoms with Gasteiger partial charge in [0.05, 0.1) is 28.5 Å². The molecule has 3 aromatic carbocycles. The first-order chi connectivity index (χ1) is 15.9. The zero-order valence-electron chi connectivity index (χ0n) is 18.8. The van der Waals surface area contributed by atoms with Gasteiger partial charge in [-0.05, 0) is 55.8 Å². The molecule has 0 radical (unpaired) electrons. The molecular formula is C26H25N3O3S. The first-order valence-corrected chi connectivity index (χ1v) is 11.6. The van der Waals surface area contributed by atoms with E-state index in [1.165, 1.54) is 11.8 Å². The number of fused-ring (bicyclic) bond motifs is 1. The average molecular weight is 460 g/mol. The minimum Gasteiger partial charge on any atom is -0.455 e. The molecule has 0 aliphatic carbocycles. The topological polar surface area (TPSA) is 73.2 Å². The summed E-state index contributed by atoms with van der Waals surface area (Å²) < 4.78 is 6.96. The van der Waals surface area contributed by atoms with Crippen LogP contribution in [0.5, 0.6) is 0 Å². The van der Waals surface area contributed by atoms with Crippen molar-refractivity contribution in [2.24, 2.45) is 0 Å². The minimum atomic E-state index is -0.438. The Kier molecular flexibility index (Phi) is 6.79. The molecule has 4 rings (SSSR count). The fraction of sp³-hybridized carbons (Fsp3) is 0.192. The van der Waals surface area contributed by atoms with Gasteiger partial charge in [-0.1, -0.05) is 48.0 Å². The number of nitrogens with one attached hydrogen (secondary N) is 1. The van der Waals surface area contributed by atoms with Gasteiger partial charge in [0, 0.05) is 4.90 Å². The Labute approximate surface area is 196 Å². The molecule has 0 bridgehead atoms. The molecule has 33 heavy (non-hydrogen) atoms. The van der Waals surface area contributed by atoms with Crippen molar-refractivity contribution in [2.75, 3.05) is 17.7 Å². The predicted octanol–water partition coefficient (Wildman–Crippen LogP) is 5.22. The third kappa shape index (κ3) is 5.43. The molecule has 0 aliphatic heterocycles. The second-order valence-electron chi connectivity index (χ2n) is 7.80. The molecule has 0 saturated heterocycles. The van der Waals surface area contributed by atoms with Crippen LogP contribution in [0.25, 0.3) is 16.5 Å². The van der Waals surface area contributed by atoms with Crippen molar-refractivity contribution in [3.63, 3.8) is 0 Å². The van der Waals surface area contributed by atoms with Crippen LogP contribution in [0.4, 0.5) is 5.69 Å². The smallest absolute Gasteiger partial charge is 0.316 e. The molecule has 0 aliphatic rings. The van der Waals surface area contributed by atoms with Gasteiger partial charge in [-0.15, -0.1) is 11.8 Å². The summed E-state index contributed by atoms with van der Waals surface area (Å²) in [5.41, 5.74) is 4.21. The van der Waals surface area contributed by atoms with Gasteiger partial charge in [-0.25, -0.2) is 4.68 Å². The number of esters is 1. The number of ether oxygens (including phenoxy) is 1. The minimum absolute atomic E-state index is 0.134. The molecule has 4 aromatic rings. The van der Waals surface area contributed by atoms with Gasteiger partial charge < -0.3 is 10.1 Å². The lowest BCUT2D eigenvalue weighted by Gasteiger charge is -2.08. The van der Waals surface area contributed by atoms with Gasteiger partial charge in [-0.3, -0.25) is 9.59 Å². The molecule has 1 heterocycles. The SMILES string of the molecule is Cc1ccc(-n2nc(C)c(NC(=O)COC(=O)CSc3ccc4ccccc4c3)c2C)cc1. The first-order valence-electron chi connectivity index (χ1n) is 10.6.